The number of esters is 1. The van der Waals surface area contributed by atoms with Gasteiger partial charge in [0.05, 0.1) is 62.8 Å². The van der Waals surface area contributed by atoms with Gasteiger partial charge in [-0.25, -0.2) is 4.68 Å². The first-order valence-corrected chi connectivity index (χ1v) is 26.4. The number of benzene rings is 1. The van der Waals surface area contributed by atoms with Gasteiger partial charge in [0.1, 0.15) is 50.0 Å². The van der Waals surface area contributed by atoms with Crippen molar-refractivity contribution in [2.45, 2.75) is 123 Å². The molecule has 0 radical (unpaired) electrons. The molecular formula is C53H81N5O23. The van der Waals surface area contributed by atoms with E-state index in [9.17, 15) is 44.1 Å². The van der Waals surface area contributed by atoms with Crippen molar-refractivity contribution in [2.24, 2.45) is 17.3 Å². The zero-order valence-electron chi connectivity index (χ0n) is 47.2. The maximum Gasteiger partial charge on any atom is 0.311 e. The molecule has 3 heterocycles. The molecule has 0 unspecified atom stereocenters. The Labute approximate surface area is 470 Å². The lowest BCUT2D eigenvalue weighted by Gasteiger charge is -2.35. The Balaban J connectivity index is 1.18. The van der Waals surface area contributed by atoms with Crippen LogP contribution >= 0.6 is 0 Å². The van der Waals surface area contributed by atoms with Crippen molar-refractivity contribution >= 4 is 35.3 Å². The third kappa shape index (κ3) is 25.1. The van der Waals surface area contributed by atoms with E-state index in [1.165, 1.54) is 18.0 Å². The van der Waals surface area contributed by atoms with Crippen LogP contribution < -0.4 is 5.32 Å². The highest BCUT2D eigenvalue weighted by molar-refractivity contribution is 6.13. The topological polar surface area (TPSA) is 338 Å². The molecule has 2 aliphatic rings. The van der Waals surface area contributed by atoms with Crippen LogP contribution in [0.3, 0.4) is 0 Å². The summed E-state index contributed by atoms with van der Waals surface area (Å²) in [7, 11) is 1.50. The summed E-state index contributed by atoms with van der Waals surface area (Å²) in [6.07, 6.45) is -1.19. The highest BCUT2D eigenvalue weighted by Crippen LogP contribution is 2.29. The average Bonchev–Trinajstić information content (AvgIpc) is 4.06. The van der Waals surface area contributed by atoms with Gasteiger partial charge in [-0.05, 0) is 63.1 Å². The van der Waals surface area contributed by atoms with E-state index < -0.39 is 77.3 Å². The number of amides is 3. The fraction of sp³-hybridized carbons (Fsp3) is 0.698. The second-order valence-corrected chi connectivity index (χ2v) is 20.2. The van der Waals surface area contributed by atoms with E-state index in [1.54, 1.807) is 59.7 Å². The third-order valence-corrected chi connectivity index (χ3v) is 12.4. The quantitative estimate of drug-likeness (QED) is 0.0312. The molecular weight excluding hydrogens is 1070 g/mol. The number of carbonyl (C=O) groups is 6. The Morgan fingerprint density at radius 3 is 1.88 bits per heavy atom. The summed E-state index contributed by atoms with van der Waals surface area (Å²) in [5, 5.41) is 41.8. The first-order valence-electron chi connectivity index (χ1n) is 26.4. The first kappa shape index (κ1) is 68.4. The summed E-state index contributed by atoms with van der Waals surface area (Å²) in [5.74, 6) is -4.25. The van der Waals surface area contributed by atoms with Gasteiger partial charge in [0, 0.05) is 44.4 Å². The smallest absolute Gasteiger partial charge is 0.311 e. The number of nitrogens with one attached hydrogen (secondary N) is 1. The van der Waals surface area contributed by atoms with E-state index >= 15 is 0 Å². The number of aliphatic hydroxyl groups excluding tert-OH is 3. The summed E-state index contributed by atoms with van der Waals surface area (Å²) >= 11 is 0. The lowest BCUT2D eigenvalue weighted by molar-refractivity contribution is -0.231. The maximum absolute atomic E-state index is 13.9. The van der Waals surface area contributed by atoms with Crippen molar-refractivity contribution in [3.8, 4) is 0 Å². The lowest BCUT2D eigenvalue weighted by atomic mass is 9.87. The van der Waals surface area contributed by atoms with Crippen molar-refractivity contribution in [3.63, 3.8) is 0 Å². The molecule has 4 rings (SSSR count). The first-order chi connectivity index (χ1) is 38.8. The normalized spacial score (nSPS) is 18.6. The van der Waals surface area contributed by atoms with E-state index in [2.05, 4.69) is 15.6 Å². The highest BCUT2D eigenvalue weighted by atomic mass is 16.8. The van der Waals surface area contributed by atoms with Crippen LogP contribution in [-0.2, 0) is 121 Å². The van der Waals surface area contributed by atoms with E-state index in [-0.39, 0.29) is 151 Å². The molecule has 2 aromatic rings. The minimum Gasteiger partial charge on any atom is -0.460 e. The van der Waals surface area contributed by atoms with Gasteiger partial charge in [-0.2, -0.15) is 0 Å². The Morgan fingerprint density at radius 1 is 0.741 bits per heavy atom. The molecule has 0 saturated carbocycles. The van der Waals surface area contributed by atoms with Gasteiger partial charge in [-0.1, -0.05) is 37.3 Å². The number of ether oxygens (including phenoxy) is 14. The summed E-state index contributed by atoms with van der Waals surface area (Å²) in [4.78, 5) is 80.7. The molecule has 4 N–H and O–H groups in total. The second kappa shape index (κ2) is 37.2. The number of carbonyl (C=O) groups excluding carboxylic acids is 6. The lowest BCUT2D eigenvalue weighted by Crippen LogP contribution is -2.52. The van der Waals surface area contributed by atoms with Crippen molar-refractivity contribution in [2.75, 3.05) is 101 Å². The predicted octanol–water partition coefficient (Wildman–Crippen LogP) is 1.09. The predicted molar refractivity (Wildman–Crippen MR) is 277 cm³/mol. The summed E-state index contributed by atoms with van der Waals surface area (Å²) in [6, 6.07) is 3.14. The van der Waals surface area contributed by atoms with Crippen LogP contribution in [0.15, 0.2) is 36.5 Å². The van der Waals surface area contributed by atoms with Crippen LogP contribution in [0.5, 0.6) is 0 Å². The minimum absolute atomic E-state index is 0.0188. The summed E-state index contributed by atoms with van der Waals surface area (Å²) in [5.41, 5.74) is 1.39. The summed E-state index contributed by atoms with van der Waals surface area (Å²) in [6.45, 7) is 10.4. The zero-order chi connectivity index (χ0) is 59.2. The Hall–Kier alpha value is -5.12. The number of Topliss-reactive ketones (excluding diaryl/α,β-unsaturated/α-hetero) is 2. The molecule has 28 nitrogen and oxygen atoms in total. The van der Waals surface area contributed by atoms with Crippen LogP contribution in [-0.4, -0.2) is 202 Å². The Bertz CT molecular complexity index is 2240. The van der Waals surface area contributed by atoms with Crippen molar-refractivity contribution < 1.29 is 110 Å². The molecule has 1 fully saturated rings. The van der Waals surface area contributed by atoms with Crippen LogP contribution in [0, 0.1) is 17.3 Å². The number of aryl methyl sites for hydroxylation is 1. The molecule has 0 bridgehead atoms. The molecule has 1 aromatic heterocycles. The van der Waals surface area contributed by atoms with Crippen LogP contribution in [0.4, 0.5) is 0 Å². The van der Waals surface area contributed by atoms with Crippen LogP contribution in [0.1, 0.15) is 89.2 Å². The average molecular weight is 1160 g/mol. The monoisotopic (exact) mass is 1160 g/mol. The molecule has 3 amide bonds. The maximum atomic E-state index is 13.9. The van der Waals surface area contributed by atoms with Gasteiger partial charge < -0.3 is 87.0 Å². The van der Waals surface area contributed by atoms with Gasteiger partial charge in [0.2, 0.25) is 5.91 Å². The Kier molecular flexibility index (Phi) is 31.4. The number of imide groups is 1. The van der Waals surface area contributed by atoms with Crippen molar-refractivity contribution in [1.82, 2.24) is 25.2 Å². The van der Waals surface area contributed by atoms with Gasteiger partial charge in [0.25, 0.3) is 11.8 Å². The van der Waals surface area contributed by atoms with Gasteiger partial charge in [0.15, 0.2) is 60.1 Å². The zero-order valence-corrected chi connectivity index (χ0v) is 47.2. The highest BCUT2D eigenvalue weighted by Gasteiger charge is 2.39. The number of hydrogen-bond donors (Lipinski definition) is 4. The molecule has 0 spiro atoms. The number of aliphatic hydroxyl groups is 3. The molecule has 1 aromatic carbocycles. The van der Waals surface area contributed by atoms with Crippen molar-refractivity contribution in [3.05, 3.63) is 58.9 Å². The fourth-order valence-electron chi connectivity index (χ4n) is 7.85. The Morgan fingerprint density at radius 2 is 1.31 bits per heavy atom. The number of methoxy groups -OCH3 is 1. The number of aromatic nitrogens is 3. The molecule has 0 aliphatic carbocycles. The van der Waals surface area contributed by atoms with E-state index in [0.29, 0.717) is 23.1 Å². The van der Waals surface area contributed by atoms with E-state index in [0.717, 1.165) is 17.1 Å². The largest absolute Gasteiger partial charge is 0.460 e. The number of ketones is 2. The van der Waals surface area contributed by atoms with Gasteiger partial charge in [-0.15, -0.1) is 5.10 Å². The number of nitrogens with zero attached hydrogens (tertiary/aromatic N) is 4. The summed E-state index contributed by atoms with van der Waals surface area (Å²) < 4.78 is 74.1. The molecule has 7 atom stereocenters. The van der Waals surface area contributed by atoms with Gasteiger partial charge in [-0.3, -0.25) is 33.7 Å². The van der Waals surface area contributed by atoms with Gasteiger partial charge >= 0.3 is 5.97 Å². The minimum atomic E-state index is -1.38. The third-order valence-electron chi connectivity index (χ3n) is 12.4. The fourth-order valence-corrected chi connectivity index (χ4v) is 7.85. The van der Waals surface area contributed by atoms with Crippen LogP contribution in [0.25, 0.3) is 0 Å². The number of rotatable bonds is 43. The molecule has 2 aliphatic heterocycles. The molecule has 456 valence electrons. The SMILES string of the molecule is COCOCOCOCOCOCOCOCOCOCOCCOCCn1cc([C@@H](CC(=O)C[C@H](C(=O)N[C@@H](C)C(=O)Cc2ccc(COC(=O)C(C)(C)C)c(CC[C@@H]3OC[C@@H](O)[C@H](O)[C@H]3O)c2)C(C)C)N2C(=O)C=CC2=O)nn1. The molecule has 81 heavy (non-hydrogen) atoms. The van der Waals surface area contributed by atoms with Crippen LogP contribution in [0.2, 0.25) is 0 Å². The van der Waals surface area contributed by atoms with E-state index in [1.807, 2.05) is 0 Å². The van der Waals surface area contributed by atoms with Crippen molar-refractivity contribution in [1.29, 1.82) is 0 Å². The second-order valence-electron chi connectivity index (χ2n) is 20.2. The van der Waals surface area contributed by atoms with E-state index in [4.69, 9.17) is 66.3 Å². The number of hydrogen-bond acceptors (Lipinski definition) is 25. The standard InChI is InChI=1S/C53H81N5O23/c1-35(2)41(51(66)54-36(3)44(60)19-37-8-9-39(23-81-52(67)53(4,5)6)38(18-37)10-11-46-50(65)49(64)45(61)24-80-46)20-40(59)21-43(58-47(62)12-13-48(58)63)42-22-57(56-55-42)14-15-69-16-17-70-26-72-28-74-30-76-32-78-34-79-33-77-31-75-29-73-27-71-25-68-7/h8-9,12-13,18,22,35-36,41,43,45-46,49-50,61,64-65H,10-11,14-17,19-21,23-34H2,1-7H3,(H,54,66)/t36-,41-,43+,45+,46-,49-,50-/m0/s1. The molecule has 1 saturated heterocycles. The molecule has 28 heteroatoms.